The molecule has 284 valence electrons. The Bertz CT molecular complexity index is 2210. The Morgan fingerprint density at radius 2 is 0.964 bits per heavy atom. The van der Waals surface area contributed by atoms with Crippen molar-refractivity contribution in [3.05, 3.63) is 185 Å². The Morgan fingerprint density at radius 1 is 0.500 bits per heavy atom. The van der Waals surface area contributed by atoms with Crippen LogP contribution in [0.5, 0.6) is 28.7 Å². The molecule has 0 amide bonds. The predicted octanol–water partition coefficient (Wildman–Crippen LogP) is 9.67. The van der Waals surface area contributed by atoms with Gasteiger partial charge in [-0.3, -0.25) is 9.59 Å². The summed E-state index contributed by atoms with van der Waals surface area (Å²) in [4.78, 5) is 25.6. The molecular formula is C47H42O9. The standard InChI is InChI=1S/C47H42O9/c1-32(48)54-46-44-42(53-31-37-21-13-6-14-22-37)26-39(50-28-34-15-7-3-8-16-34)27-43(44)56-45(47(46)55-33(2)49)38-23-24-40(51-29-35-17-9-4-10-18-35)41(25-38)52-30-36-19-11-5-12-20-36/h3-27,45-47H,28-31H2,1-2H3/t45-,46+,47-/m1/s1. The normalized spacial score (nSPS) is 15.7. The van der Waals surface area contributed by atoms with Crippen LogP contribution in [0.3, 0.4) is 0 Å². The third kappa shape index (κ3) is 9.67. The lowest BCUT2D eigenvalue weighted by molar-refractivity contribution is -0.178. The smallest absolute Gasteiger partial charge is 0.303 e. The van der Waals surface area contributed by atoms with Crippen molar-refractivity contribution < 1.29 is 42.7 Å². The Balaban J connectivity index is 1.29. The number of benzene rings is 6. The molecule has 1 aliphatic heterocycles. The van der Waals surface area contributed by atoms with Crippen molar-refractivity contribution in [1.82, 2.24) is 0 Å². The van der Waals surface area contributed by atoms with Crippen molar-refractivity contribution in [3.63, 3.8) is 0 Å². The second kappa shape index (κ2) is 18.1. The molecule has 7 rings (SSSR count). The van der Waals surface area contributed by atoms with Crippen LogP contribution < -0.4 is 23.7 Å². The van der Waals surface area contributed by atoms with Crippen molar-refractivity contribution in [2.75, 3.05) is 0 Å². The Kier molecular flexibility index (Phi) is 12.1. The van der Waals surface area contributed by atoms with Gasteiger partial charge in [-0.2, -0.15) is 0 Å². The molecule has 3 atom stereocenters. The first kappa shape index (κ1) is 37.6. The van der Waals surface area contributed by atoms with Gasteiger partial charge >= 0.3 is 11.9 Å². The lowest BCUT2D eigenvalue weighted by atomic mass is 9.90. The summed E-state index contributed by atoms with van der Waals surface area (Å²) < 4.78 is 44.2. The number of rotatable bonds is 15. The van der Waals surface area contributed by atoms with Gasteiger partial charge < -0.3 is 33.2 Å². The summed E-state index contributed by atoms with van der Waals surface area (Å²) in [5.74, 6) is 0.976. The van der Waals surface area contributed by atoms with Gasteiger partial charge in [0.15, 0.2) is 29.8 Å². The fourth-order valence-corrected chi connectivity index (χ4v) is 6.44. The van der Waals surface area contributed by atoms with Crippen LogP contribution in [-0.2, 0) is 45.5 Å². The molecule has 0 bridgehead atoms. The summed E-state index contributed by atoms with van der Waals surface area (Å²) in [5.41, 5.74) is 4.86. The van der Waals surface area contributed by atoms with Crippen LogP contribution in [0.25, 0.3) is 0 Å². The summed E-state index contributed by atoms with van der Waals surface area (Å²) in [6.07, 6.45) is -3.18. The zero-order chi connectivity index (χ0) is 38.7. The zero-order valence-electron chi connectivity index (χ0n) is 31.2. The largest absolute Gasteiger partial charge is 0.489 e. The number of carbonyl (C=O) groups is 2. The van der Waals surface area contributed by atoms with Crippen LogP contribution in [0, 0.1) is 0 Å². The number of fused-ring (bicyclic) bond motifs is 1. The molecule has 0 spiro atoms. The minimum atomic E-state index is -1.11. The molecule has 56 heavy (non-hydrogen) atoms. The maximum atomic E-state index is 12.8. The van der Waals surface area contributed by atoms with E-state index in [9.17, 15) is 9.59 Å². The maximum absolute atomic E-state index is 12.8. The number of hydrogen-bond donors (Lipinski definition) is 0. The van der Waals surface area contributed by atoms with Gasteiger partial charge in [-0.25, -0.2) is 0 Å². The molecular weight excluding hydrogens is 709 g/mol. The van der Waals surface area contributed by atoms with Gasteiger partial charge in [0.2, 0.25) is 0 Å². The summed E-state index contributed by atoms with van der Waals surface area (Å²) in [6.45, 7) is 3.70. The Hall–Kier alpha value is -6.74. The van der Waals surface area contributed by atoms with Crippen molar-refractivity contribution in [2.45, 2.75) is 58.6 Å². The predicted molar refractivity (Wildman–Crippen MR) is 209 cm³/mol. The molecule has 0 unspecified atom stereocenters. The second-order valence-electron chi connectivity index (χ2n) is 13.3. The highest BCUT2D eigenvalue weighted by Gasteiger charge is 2.46. The van der Waals surface area contributed by atoms with E-state index in [1.165, 1.54) is 13.8 Å². The minimum Gasteiger partial charge on any atom is -0.489 e. The summed E-state index contributed by atoms with van der Waals surface area (Å²) in [7, 11) is 0. The van der Waals surface area contributed by atoms with E-state index in [-0.39, 0.29) is 19.8 Å². The number of ether oxygens (including phenoxy) is 7. The third-order valence-corrected chi connectivity index (χ3v) is 9.06. The molecule has 0 radical (unpaired) electrons. The molecule has 0 aromatic heterocycles. The molecule has 0 saturated heterocycles. The van der Waals surface area contributed by atoms with Crippen molar-refractivity contribution in [3.8, 4) is 28.7 Å². The second-order valence-corrected chi connectivity index (χ2v) is 13.3. The average molecular weight is 751 g/mol. The van der Waals surface area contributed by atoms with E-state index in [1.807, 2.05) is 133 Å². The highest BCUT2D eigenvalue weighted by Crippen LogP contribution is 2.51. The van der Waals surface area contributed by atoms with Crippen LogP contribution in [0.4, 0.5) is 0 Å². The molecule has 0 N–H and O–H groups in total. The van der Waals surface area contributed by atoms with E-state index in [0.717, 1.165) is 22.3 Å². The monoisotopic (exact) mass is 750 g/mol. The van der Waals surface area contributed by atoms with Crippen LogP contribution in [0.15, 0.2) is 152 Å². The van der Waals surface area contributed by atoms with E-state index < -0.39 is 30.3 Å². The summed E-state index contributed by atoms with van der Waals surface area (Å²) in [6, 6.07) is 48.0. The van der Waals surface area contributed by atoms with Gasteiger partial charge in [0.1, 0.15) is 43.7 Å². The zero-order valence-corrected chi connectivity index (χ0v) is 31.2. The summed E-state index contributed by atoms with van der Waals surface area (Å²) >= 11 is 0. The fraction of sp³-hybridized carbons (Fsp3) is 0.191. The molecule has 0 saturated carbocycles. The average Bonchev–Trinajstić information content (AvgIpc) is 3.22. The van der Waals surface area contributed by atoms with Gasteiger partial charge in [0, 0.05) is 31.5 Å². The summed E-state index contributed by atoms with van der Waals surface area (Å²) in [5, 5.41) is 0. The number of carbonyl (C=O) groups excluding carboxylic acids is 2. The lowest BCUT2D eigenvalue weighted by Gasteiger charge is -2.39. The van der Waals surface area contributed by atoms with Crippen LogP contribution in [0.1, 0.15) is 59.4 Å². The quantitative estimate of drug-likeness (QED) is 0.0951. The molecule has 1 heterocycles. The number of esters is 2. The minimum absolute atomic E-state index is 0.205. The van der Waals surface area contributed by atoms with Gasteiger partial charge in [-0.05, 0) is 34.4 Å². The molecule has 1 aliphatic rings. The first-order valence-electron chi connectivity index (χ1n) is 18.4. The SMILES string of the molecule is CC(=O)O[C@@H]1[C@@H](c2ccc(OCc3ccccc3)c(OCc3ccccc3)c2)Oc2cc(OCc3ccccc3)cc(OCc3ccccc3)c2[C@@H]1OC(C)=O. The molecule has 9 nitrogen and oxygen atoms in total. The molecule has 0 fully saturated rings. The van der Waals surface area contributed by atoms with Gasteiger partial charge in [-0.15, -0.1) is 0 Å². The van der Waals surface area contributed by atoms with Crippen molar-refractivity contribution in [2.24, 2.45) is 0 Å². The van der Waals surface area contributed by atoms with E-state index in [2.05, 4.69) is 0 Å². The third-order valence-electron chi connectivity index (χ3n) is 9.06. The van der Waals surface area contributed by atoms with Crippen molar-refractivity contribution in [1.29, 1.82) is 0 Å². The van der Waals surface area contributed by atoms with Crippen molar-refractivity contribution >= 4 is 11.9 Å². The maximum Gasteiger partial charge on any atom is 0.303 e. The van der Waals surface area contributed by atoms with E-state index in [0.29, 0.717) is 46.5 Å². The molecule has 6 aromatic rings. The fourth-order valence-electron chi connectivity index (χ4n) is 6.44. The lowest BCUT2D eigenvalue weighted by Crippen LogP contribution is -2.40. The Morgan fingerprint density at radius 3 is 1.46 bits per heavy atom. The van der Waals surface area contributed by atoms with Gasteiger partial charge in [0.05, 0.1) is 5.56 Å². The van der Waals surface area contributed by atoms with E-state index >= 15 is 0 Å². The molecule has 0 aliphatic carbocycles. The van der Waals surface area contributed by atoms with Crippen LogP contribution in [0.2, 0.25) is 0 Å². The van der Waals surface area contributed by atoms with Crippen LogP contribution in [-0.4, -0.2) is 18.0 Å². The molecule has 6 aromatic carbocycles. The first-order valence-corrected chi connectivity index (χ1v) is 18.4. The number of hydrogen-bond acceptors (Lipinski definition) is 9. The molecule has 9 heteroatoms. The highest BCUT2D eigenvalue weighted by molar-refractivity contribution is 5.69. The van der Waals surface area contributed by atoms with E-state index in [1.54, 1.807) is 18.2 Å². The topological polar surface area (TPSA) is 98.8 Å². The van der Waals surface area contributed by atoms with Gasteiger partial charge in [0.25, 0.3) is 0 Å². The Labute approximate surface area is 326 Å². The van der Waals surface area contributed by atoms with Crippen LogP contribution >= 0.6 is 0 Å². The van der Waals surface area contributed by atoms with E-state index in [4.69, 9.17) is 33.2 Å². The first-order chi connectivity index (χ1) is 27.4. The highest BCUT2D eigenvalue weighted by atomic mass is 16.6. The van der Waals surface area contributed by atoms with Gasteiger partial charge in [-0.1, -0.05) is 127 Å².